The Labute approximate surface area is 137 Å². The molecule has 0 saturated heterocycles. The van der Waals surface area contributed by atoms with E-state index < -0.39 is 17.6 Å². The molecule has 24 heavy (non-hydrogen) atoms. The lowest BCUT2D eigenvalue weighted by Crippen LogP contribution is -2.36. The van der Waals surface area contributed by atoms with Gasteiger partial charge in [0.15, 0.2) is 0 Å². The van der Waals surface area contributed by atoms with Crippen molar-refractivity contribution >= 4 is 0 Å². The topological polar surface area (TPSA) is 49.0 Å². The maximum absolute atomic E-state index is 12.7. The van der Waals surface area contributed by atoms with Crippen LogP contribution in [0.1, 0.15) is 33.8 Å². The van der Waals surface area contributed by atoms with Gasteiger partial charge < -0.3 is 4.98 Å². The van der Waals surface area contributed by atoms with Crippen LogP contribution in [0.25, 0.3) is 0 Å². The number of nitrogens with one attached hydrogen (secondary N) is 1. The van der Waals surface area contributed by atoms with Gasteiger partial charge in [-0.1, -0.05) is 29.3 Å². The Morgan fingerprint density at radius 2 is 1.88 bits per heavy atom. The maximum Gasteiger partial charge on any atom is 0.449 e. The summed E-state index contributed by atoms with van der Waals surface area (Å²) in [5.41, 5.74) is 3.35. The number of rotatable bonds is 2. The minimum Gasteiger partial charge on any atom is -0.303 e. The normalized spacial score (nSPS) is 15.4. The first-order valence-electron chi connectivity index (χ1n) is 7.71. The Kier molecular flexibility index (Phi) is 4.21. The van der Waals surface area contributed by atoms with Crippen LogP contribution in [0.15, 0.2) is 23.0 Å². The van der Waals surface area contributed by atoms with E-state index in [2.05, 4.69) is 28.1 Å². The molecule has 128 valence electrons. The molecule has 0 amide bonds. The van der Waals surface area contributed by atoms with Crippen LogP contribution in [-0.4, -0.2) is 21.4 Å². The van der Waals surface area contributed by atoms with Crippen LogP contribution in [0.4, 0.5) is 13.2 Å². The van der Waals surface area contributed by atoms with Crippen molar-refractivity contribution in [3.8, 4) is 0 Å². The number of alkyl halides is 3. The highest BCUT2D eigenvalue weighted by atomic mass is 19.4. The van der Waals surface area contributed by atoms with Gasteiger partial charge in [0.05, 0.1) is 11.3 Å². The van der Waals surface area contributed by atoms with Crippen molar-refractivity contribution < 1.29 is 13.2 Å². The summed E-state index contributed by atoms with van der Waals surface area (Å²) in [4.78, 5) is 19.5. The Morgan fingerprint density at radius 3 is 2.50 bits per heavy atom. The predicted octanol–water partition coefficient (Wildman–Crippen LogP) is 2.96. The molecule has 7 heteroatoms. The zero-order chi connectivity index (χ0) is 17.5. The highest BCUT2D eigenvalue weighted by molar-refractivity contribution is 5.29. The fraction of sp³-hybridized carbons (Fsp3) is 0.412. The van der Waals surface area contributed by atoms with E-state index in [9.17, 15) is 18.0 Å². The number of aromatic amines is 1. The van der Waals surface area contributed by atoms with Gasteiger partial charge in [-0.15, -0.1) is 0 Å². The van der Waals surface area contributed by atoms with Crippen LogP contribution in [0.3, 0.4) is 0 Å². The molecule has 1 aromatic heterocycles. The van der Waals surface area contributed by atoms with E-state index in [1.807, 2.05) is 18.8 Å². The third kappa shape index (κ3) is 3.51. The van der Waals surface area contributed by atoms with Crippen molar-refractivity contribution in [3.63, 3.8) is 0 Å². The van der Waals surface area contributed by atoms with Gasteiger partial charge in [-0.3, -0.25) is 9.69 Å². The number of halogens is 3. The number of aromatic nitrogens is 2. The molecule has 0 bridgehead atoms. The summed E-state index contributed by atoms with van der Waals surface area (Å²) in [7, 11) is 0. The van der Waals surface area contributed by atoms with Gasteiger partial charge in [0.25, 0.3) is 5.56 Å². The van der Waals surface area contributed by atoms with Gasteiger partial charge in [-0.25, -0.2) is 4.98 Å². The lowest BCUT2D eigenvalue weighted by atomic mass is 10.0. The third-order valence-corrected chi connectivity index (χ3v) is 4.10. The van der Waals surface area contributed by atoms with E-state index in [0.717, 1.165) is 16.7 Å². The SMILES string of the molecule is Cc1cc(C)cc(CN2CCc3nc(C(F)(F)F)[nH]c(=O)c3C2)c1. The summed E-state index contributed by atoms with van der Waals surface area (Å²) >= 11 is 0. The fourth-order valence-electron chi connectivity index (χ4n) is 3.17. The average molecular weight is 337 g/mol. The highest BCUT2D eigenvalue weighted by Crippen LogP contribution is 2.26. The second-order valence-electron chi connectivity index (χ2n) is 6.29. The first-order valence-corrected chi connectivity index (χ1v) is 7.71. The predicted molar refractivity (Wildman–Crippen MR) is 83.6 cm³/mol. The molecule has 1 aliphatic heterocycles. The molecule has 0 radical (unpaired) electrons. The van der Waals surface area contributed by atoms with E-state index in [0.29, 0.717) is 31.6 Å². The summed E-state index contributed by atoms with van der Waals surface area (Å²) in [6, 6.07) is 6.25. The van der Waals surface area contributed by atoms with Crippen molar-refractivity contribution in [3.05, 3.63) is 62.3 Å². The van der Waals surface area contributed by atoms with Gasteiger partial charge >= 0.3 is 6.18 Å². The molecule has 4 nitrogen and oxygen atoms in total. The Hall–Kier alpha value is -2.15. The van der Waals surface area contributed by atoms with Crippen molar-refractivity contribution in [2.24, 2.45) is 0 Å². The molecule has 0 aliphatic carbocycles. The number of fused-ring (bicyclic) bond motifs is 1. The number of benzene rings is 1. The van der Waals surface area contributed by atoms with Crippen LogP contribution in [-0.2, 0) is 25.7 Å². The van der Waals surface area contributed by atoms with E-state index in [1.54, 1.807) is 0 Å². The highest BCUT2D eigenvalue weighted by Gasteiger charge is 2.35. The lowest BCUT2D eigenvalue weighted by Gasteiger charge is -2.28. The smallest absolute Gasteiger partial charge is 0.303 e. The largest absolute Gasteiger partial charge is 0.449 e. The molecule has 0 spiro atoms. The quantitative estimate of drug-likeness (QED) is 0.917. The molecule has 0 atom stereocenters. The summed E-state index contributed by atoms with van der Waals surface area (Å²) < 4.78 is 38.2. The van der Waals surface area contributed by atoms with Gasteiger partial charge in [0.1, 0.15) is 0 Å². The van der Waals surface area contributed by atoms with Crippen LogP contribution < -0.4 is 5.56 Å². The summed E-state index contributed by atoms with van der Waals surface area (Å²) in [6.07, 6.45) is -4.29. The van der Waals surface area contributed by atoms with Crippen molar-refractivity contribution in [1.29, 1.82) is 0 Å². The van der Waals surface area contributed by atoms with Crippen LogP contribution in [0, 0.1) is 13.8 Å². The molecule has 0 unspecified atom stereocenters. The van der Waals surface area contributed by atoms with E-state index >= 15 is 0 Å². The second-order valence-corrected chi connectivity index (χ2v) is 6.29. The number of hydrogen-bond acceptors (Lipinski definition) is 3. The van der Waals surface area contributed by atoms with Gasteiger partial charge in [-0.05, 0) is 19.4 Å². The zero-order valence-corrected chi connectivity index (χ0v) is 13.5. The molecular formula is C17H18F3N3O. The maximum atomic E-state index is 12.7. The molecule has 0 saturated carbocycles. The third-order valence-electron chi connectivity index (χ3n) is 4.10. The second kappa shape index (κ2) is 6.05. The molecule has 0 fully saturated rings. The van der Waals surface area contributed by atoms with E-state index in [-0.39, 0.29) is 5.69 Å². The van der Waals surface area contributed by atoms with Crippen molar-refractivity contribution in [1.82, 2.24) is 14.9 Å². The fourth-order valence-corrected chi connectivity index (χ4v) is 3.17. The van der Waals surface area contributed by atoms with Gasteiger partial charge in [-0.2, -0.15) is 13.2 Å². The standard InChI is InChI=1S/C17H18F3N3O/c1-10-5-11(2)7-12(6-10)8-23-4-3-14-13(9-23)15(24)22-16(21-14)17(18,19)20/h5-7H,3-4,8-9H2,1-2H3,(H,21,22,24). The lowest BCUT2D eigenvalue weighted by molar-refractivity contribution is -0.145. The molecule has 2 aromatic rings. The summed E-state index contributed by atoms with van der Waals surface area (Å²) in [5.74, 6) is -1.21. The van der Waals surface area contributed by atoms with Gasteiger partial charge in [0, 0.05) is 26.1 Å². The molecule has 1 aliphatic rings. The summed E-state index contributed by atoms with van der Waals surface area (Å²) in [6.45, 7) is 5.59. The number of hydrogen-bond donors (Lipinski definition) is 1. The Morgan fingerprint density at radius 1 is 1.21 bits per heavy atom. The summed E-state index contributed by atoms with van der Waals surface area (Å²) in [5, 5.41) is 0. The van der Waals surface area contributed by atoms with Crippen molar-refractivity contribution in [2.45, 2.75) is 39.5 Å². The molecule has 1 N–H and O–H groups in total. The number of aryl methyl sites for hydroxylation is 2. The van der Waals surface area contributed by atoms with Crippen LogP contribution >= 0.6 is 0 Å². The number of nitrogens with zero attached hydrogens (tertiary/aromatic N) is 2. The van der Waals surface area contributed by atoms with Crippen LogP contribution in [0.5, 0.6) is 0 Å². The first-order chi connectivity index (χ1) is 11.2. The van der Waals surface area contributed by atoms with E-state index in [4.69, 9.17) is 0 Å². The molecular weight excluding hydrogens is 319 g/mol. The monoisotopic (exact) mass is 337 g/mol. The Bertz CT molecular complexity index is 807. The van der Waals surface area contributed by atoms with Crippen molar-refractivity contribution in [2.75, 3.05) is 6.54 Å². The number of H-pyrrole nitrogens is 1. The molecule has 1 aromatic carbocycles. The average Bonchev–Trinajstić information content (AvgIpc) is 2.45. The minimum absolute atomic E-state index is 0.253. The van der Waals surface area contributed by atoms with E-state index in [1.165, 1.54) is 0 Å². The minimum atomic E-state index is -4.63. The molecule has 2 heterocycles. The molecule has 3 rings (SSSR count). The first kappa shape index (κ1) is 16.7. The van der Waals surface area contributed by atoms with Crippen LogP contribution in [0.2, 0.25) is 0 Å². The zero-order valence-electron chi connectivity index (χ0n) is 13.5. The van der Waals surface area contributed by atoms with Gasteiger partial charge in [0.2, 0.25) is 5.82 Å². The Balaban J connectivity index is 1.83.